The van der Waals surface area contributed by atoms with Crippen LogP contribution in [0, 0.1) is 11.8 Å². The van der Waals surface area contributed by atoms with Gasteiger partial charge in [0.2, 0.25) is 0 Å². The van der Waals surface area contributed by atoms with Crippen LogP contribution in [0.25, 0.3) is 0 Å². The first-order valence-electron chi connectivity index (χ1n) is 9.97. The minimum atomic E-state index is -3.15. The molecule has 150 valence electrons. The maximum Gasteiger partial charge on any atom is 0.499 e. The molecule has 1 aliphatic heterocycles. The third kappa shape index (κ3) is 10.7. The maximum atomic E-state index is 11.0. The molecule has 3 atom stereocenters. The van der Waals surface area contributed by atoms with E-state index >= 15 is 0 Å². The summed E-state index contributed by atoms with van der Waals surface area (Å²) in [5.74, 6) is 1.47. The minimum absolute atomic E-state index is 0.385. The van der Waals surface area contributed by atoms with E-state index in [2.05, 4.69) is 20.8 Å². The van der Waals surface area contributed by atoms with Crippen molar-refractivity contribution < 1.29 is 18.4 Å². The van der Waals surface area contributed by atoms with E-state index < -0.39 is 8.80 Å². The van der Waals surface area contributed by atoms with Crippen molar-refractivity contribution in [3.8, 4) is 0 Å². The number of hydrogen-bond donors (Lipinski definition) is 1. The van der Waals surface area contributed by atoms with E-state index in [4.69, 9.17) is 13.6 Å². The Morgan fingerprint density at radius 1 is 0.960 bits per heavy atom. The van der Waals surface area contributed by atoms with Crippen molar-refractivity contribution in [2.75, 3.05) is 0 Å². The Morgan fingerprint density at radius 2 is 1.44 bits per heavy atom. The molecule has 2 rings (SSSR count). The molecule has 2 aliphatic rings. The van der Waals surface area contributed by atoms with Crippen LogP contribution in [0.1, 0.15) is 88.0 Å². The van der Waals surface area contributed by atoms with Crippen molar-refractivity contribution in [1.82, 2.24) is 0 Å². The summed E-state index contributed by atoms with van der Waals surface area (Å²) in [5, 5.41) is 0. The highest BCUT2D eigenvalue weighted by Gasteiger charge is 2.47. The Hall–Kier alpha value is 0.0569. The second-order valence-corrected chi connectivity index (χ2v) is 12.6. The number of rotatable bonds is 5. The van der Waals surface area contributed by atoms with Crippen molar-refractivity contribution in [3.05, 3.63) is 0 Å². The molecule has 5 heteroatoms. The van der Waals surface area contributed by atoms with E-state index in [-0.39, 0.29) is 11.2 Å². The van der Waals surface area contributed by atoms with E-state index in [1.807, 2.05) is 41.5 Å². The average Bonchev–Trinajstić information content (AvgIpc) is 3.09. The van der Waals surface area contributed by atoms with E-state index in [0.29, 0.717) is 24.2 Å². The van der Waals surface area contributed by atoms with Crippen molar-refractivity contribution in [2.24, 2.45) is 11.8 Å². The van der Waals surface area contributed by atoms with Gasteiger partial charge in [0.25, 0.3) is 0 Å². The molecule has 0 aromatic rings. The second-order valence-electron chi connectivity index (χ2n) is 10.3. The predicted molar refractivity (Wildman–Crippen MR) is 106 cm³/mol. The van der Waals surface area contributed by atoms with Crippen LogP contribution in [0.2, 0.25) is 6.04 Å². The molecule has 0 aromatic heterocycles. The summed E-state index contributed by atoms with van der Waals surface area (Å²) in [4.78, 5) is 11.0. The van der Waals surface area contributed by atoms with Gasteiger partial charge in [-0.15, -0.1) is 0 Å². The number of ether oxygens (including phenoxy) is 1. The molecule has 0 bridgehead atoms. The van der Waals surface area contributed by atoms with Crippen LogP contribution in [0.5, 0.6) is 0 Å². The van der Waals surface area contributed by atoms with Crippen LogP contribution < -0.4 is 0 Å². The third-order valence-corrected chi connectivity index (χ3v) is 6.70. The van der Waals surface area contributed by atoms with Gasteiger partial charge in [0.15, 0.2) is 0 Å². The molecule has 0 radical (unpaired) electrons. The van der Waals surface area contributed by atoms with E-state index in [9.17, 15) is 4.80 Å². The summed E-state index contributed by atoms with van der Waals surface area (Å²) in [7, 11) is -3.15. The molecule has 0 amide bonds. The first kappa shape index (κ1) is 23.1. The van der Waals surface area contributed by atoms with Crippen LogP contribution in [-0.2, 0) is 13.6 Å². The number of fused-ring (bicyclic) bond motifs is 1. The van der Waals surface area contributed by atoms with Gasteiger partial charge in [-0.2, -0.15) is 0 Å². The Kier molecular flexibility index (Phi) is 8.16. The largest absolute Gasteiger partial charge is 0.499 e. The number of hydrogen-bond acceptors (Lipinski definition) is 4. The first-order valence-corrected chi connectivity index (χ1v) is 11.9. The van der Waals surface area contributed by atoms with Crippen molar-refractivity contribution >= 4 is 8.80 Å². The lowest BCUT2D eigenvalue weighted by Gasteiger charge is -2.37. The predicted octanol–water partition coefficient (Wildman–Crippen LogP) is 5.17. The molecule has 1 N–H and O–H groups in total. The monoisotopic (exact) mass is 374 g/mol. The summed E-state index contributed by atoms with van der Waals surface area (Å²) < 4.78 is 17.5. The quantitative estimate of drug-likeness (QED) is 0.533. The van der Waals surface area contributed by atoms with Crippen LogP contribution in [0.15, 0.2) is 0 Å². The van der Waals surface area contributed by atoms with Gasteiger partial charge in [0, 0.05) is 6.04 Å². The zero-order chi connectivity index (χ0) is 19.5. The highest BCUT2D eigenvalue weighted by molar-refractivity contribution is 6.59. The maximum absolute atomic E-state index is 11.0. The summed E-state index contributed by atoms with van der Waals surface area (Å²) in [6.07, 6.45) is 5.52. The Labute approximate surface area is 157 Å². The molecule has 1 saturated heterocycles. The SMILES string of the molecule is CC(C)(C)O[Si](O)(CCC1CCC2OC2C1)OC(C)(C)C.CC(C)C. The molecular formula is C20H42O4Si. The average molecular weight is 375 g/mol. The Bertz CT molecular complexity index is 379. The van der Waals surface area contributed by atoms with Crippen LogP contribution in [-0.4, -0.2) is 37.0 Å². The molecule has 2 fully saturated rings. The van der Waals surface area contributed by atoms with Gasteiger partial charge < -0.3 is 18.4 Å². The zero-order valence-corrected chi connectivity index (χ0v) is 19.0. The topological polar surface area (TPSA) is 51.2 Å². The highest BCUT2D eigenvalue weighted by Crippen LogP contribution is 2.42. The summed E-state index contributed by atoms with van der Waals surface area (Å²) in [6.45, 7) is 18.3. The van der Waals surface area contributed by atoms with Gasteiger partial charge in [0.1, 0.15) is 0 Å². The molecule has 0 aromatic carbocycles. The van der Waals surface area contributed by atoms with Crippen LogP contribution in [0.4, 0.5) is 0 Å². The van der Waals surface area contributed by atoms with Gasteiger partial charge in [-0.25, -0.2) is 0 Å². The molecule has 3 unspecified atom stereocenters. The lowest BCUT2D eigenvalue weighted by Crippen LogP contribution is -2.52. The van der Waals surface area contributed by atoms with E-state index in [1.165, 1.54) is 12.8 Å². The van der Waals surface area contributed by atoms with Gasteiger partial charge in [0.05, 0.1) is 23.4 Å². The van der Waals surface area contributed by atoms with Crippen LogP contribution in [0.3, 0.4) is 0 Å². The zero-order valence-electron chi connectivity index (χ0n) is 18.0. The summed E-state index contributed by atoms with van der Waals surface area (Å²) >= 11 is 0. The number of epoxide rings is 1. The van der Waals surface area contributed by atoms with E-state index in [1.54, 1.807) is 0 Å². The first-order chi connectivity index (χ1) is 11.2. The molecule has 0 spiro atoms. The lowest BCUT2D eigenvalue weighted by atomic mass is 9.88. The summed E-state index contributed by atoms with van der Waals surface area (Å²) in [5.41, 5.74) is -0.771. The Balaban J connectivity index is 0.000000705. The lowest BCUT2D eigenvalue weighted by molar-refractivity contribution is -0.0279. The van der Waals surface area contributed by atoms with Gasteiger partial charge in [-0.1, -0.05) is 20.8 Å². The highest BCUT2D eigenvalue weighted by atomic mass is 28.4. The van der Waals surface area contributed by atoms with Gasteiger partial charge in [-0.05, 0) is 79.1 Å². The molecule has 4 nitrogen and oxygen atoms in total. The molecule has 1 aliphatic carbocycles. The molecule has 1 saturated carbocycles. The van der Waals surface area contributed by atoms with Crippen molar-refractivity contribution in [2.45, 2.75) is 117 Å². The fourth-order valence-electron chi connectivity index (χ4n) is 3.22. The van der Waals surface area contributed by atoms with E-state index in [0.717, 1.165) is 18.8 Å². The van der Waals surface area contributed by atoms with Crippen molar-refractivity contribution in [3.63, 3.8) is 0 Å². The molecule has 1 heterocycles. The molecule has 25 heavy (non-hydrogen) atoms. The third-order valence-electron chi connectivity index (χ3n) is 3.91. The standard InChI is InChI=1S/C16H32O4Si.C4H10/c1-15(2,3)19-21(17,20-16(4,5)6)10-9-12-7-8-13-14(11-12)18-13;1-4(2)3/h12-14,17H,7-11H2,1-6H3;4H,1-3H3. The molecular weight excluding hydrogens is 332 g/mol. The fourth-order valence-corrected chi connectivity index (χ4v) is 6.15. The second kappa shape index (κ2) is 8.83. The van der Waals surface area contributed by atoms with Crippen LogP contribution >= 0.6 is 0 Å². The van der Waals surface area contributed by atoms with Crippen molar-refractivity contribution in [1.29, 1.82) is 0 Å². The minimum Gasteiger partial charge on any atom is -0.390 e. The summed E-state index contributed by atoms with van der Waals surface area (Å²) in [6, 6.07) is 0.642. The smallest absolute Gasteiger partial charge is 0.390 e. The normalized spacial score (nSPS) is 26.8. The fraction of sp³-hybridized carbons (Fsp3) is 1.00. The Morgan fingerprint density at radius 3 is 1.84 bits per heavy atom. The van der Waals surface area contributed by atoms with Gasteiger partial charge >= 0.3 is 8.80 Å². The van der Waals surface area contributed by atoms with Gasteiger partial charge in [-0.3, -0.25) is 0 Å².